The highest BCUT2D eigenvalue weighted by atomic mass is 15.1. The van der Waals surface area contributed by atoms with Crippen molar-refractivity contribution in [1.29, 1.82) is 0 Å². The minimum absolute atomic E-state index is 0.791. The van der Waals surface area contributed by atoms with Gasteiger partial charge in [0, 0.05) is 6.04 Å². The minimum atomic E-state index is 0.791. The standard InChI is InChI=1S/C16H32N2/c1-3-10-18-11-5-8-16(9-12-18)17-13-15-7-4-6-14(15)2/h14-17H,3-13H2,1-2H3. The topological polar surface area (TPSA) is 15.3 Å². The van der Waals surface area contributed by atoms with Crippen molar-refractivity contribution in [3.63, 3.8) is 0 Å². The lowest BCUT2D eigenvalue weighted by molar-refractivity contribution is 0.281. The quantitative estimate of drug-likeness (QED) is 0.808. The lowest BCUT2D eigenvalue weighted by Crippen LogP contribution is -2.35. The van der Waals surface area contributed by atoms with E-state index < -0.39 is 0 Å². The Kier molecular flexibility index (Phi) is 5.97. The zero-order chi connectivity index (χ0) is 12.8. The van der Waals surface area contributed by atoms with Crippen molar-refractivity contribution in [3.8, 4) is 0 Å². The molecule has 0 spiro atoms. The first kappa shape index (κ1) is 14.3. The van der Waals surface area contributed by atoms with E-state index in [1.807, 2.05) is 0 Å². The summed E-state index contributed by atoms with van der Waals surface area (Å²) >= 11 is 0. The van der Waals surface area contributed by atoms with E-state index in [1.54, 1.807) is 0 Å². The molecule has 1 saturated heterocycles. The van der Waals surface area contributed by atoms with Gasteiger partial charge in [0.05, 0.1) is 0 Å². The summed E-state index contributed by atoms with van der Waals surface area (Å²) in [5, 5.41) is 3.87. The summed E-state index contributed by atoms with van der Waals surface area (Å²) in [6.07, 6.45) is 9.82. The Morgan fingerprint density at radius 2 is 1.94 bits per heavy atom. The van der Waals surface area contributed by atoms with Crippen LogP contribution in [-0.4, -0.2) is 37.1 Å². The fraction of sp³-hybridized carbons (Fsp3) is 1.00. The molecular weight excluding hydrogens is 220 g/mol. The van der Waals surface area contributed by atoms with Gasteiger partial charge < -0.3 is 10.2 Å². The Labute approximate surface area is 114 Å². The van der Waals surface area contributed by atoms with Crippen molar-refractivity contribution < 1.29 is 0 Å². The summed E-state index contributed by atoms with van der Waals surface area (Å²) in [7, 11) is 0. The molecule has 1 aliphatic heterocycles. The predicted molar refractivity (Wildman–Crippen MR) is 78.9 cm³/mol. The average molecular weight is 252 g/mol. The van der Waals surface area contributed by atoms with Crippen molar-refractivity contribution in [1.82, 2.24) is 10.2 Å². The van der Waals surface area contributed by atoms with E-state index in [-0.39, 0.29) is 0 Å². The lowest BCUT2D eigenvalue weighted by atomic mass is 9.97. The third kappa shape index (κ3) is 4.24. The van der Waals surface area contributed by atoms with Gasteiger partial charge in [0.25, 0.3) is 0 Å². The van der Waals surface area contributed by atoms with Crippen molar-refractivity contribution in [2.24, 2.45) is 11.8 Å². The molecule has 0 aromatic rings. The normalized spacial score (nSPS) is 34.7. The average Bonchev–Trinajstić information content (AvgIpc) is 2.63. The number of nitrogens with one attached hydrogen (secondary N) is 1. The molecule has 0 aromatic carbocycles. The van der Waals surface area contributed by atoms with Crippen molar-refractivity contribution >= 4 is 0 Å². The fourth-order valence-corrected chi connectivity index (χ4v) is 3.74. The first-order valence-corrected chi connectivity index (χ1v) is 8.25. The Balaban J connectivity index is 1.67. The molecule has 18 heavy (non-hydrogen) atoms. The zero-order valence-corrected chi connectivity index (χ0v) is 12.5. The highest BCUT2D eigenvalue weighted by molar-refractivity contribution is 4.80. The van der Waals surface area contributed by atoms with Gasteiger partial charge in [0.2, 0.25) is 0 Å². The summed E-state index contributed by atoms with van der Waals surface area (Å²) in [5.74, 6) is 1.92. The maximum atomic E-state index is 3.87. The summed E-state index contributed by atoms with van der Waals surface area (Å²) < 4.78 is 0. The first-order valence-electron chi connectivity index (χ1n) is 8.25. The Bertz CT molecular complexity index is 229. The number of rotatable bonds is 5. The third-order valence-corrected chi connectivity index (χ3v) is 5.07. The number of nitrogens with zero attached hydrogens (tertiary/aromatic N) is 1. The van der Waals surface area contributed by atoms with Crippen molar-refractivity contribution in [2.45, 2.75) is 64.8 Å². The molecule has 3 atom stereocenters. The van der Waals surface area contributed by atoms with Crippen LogP contribution in [-0.2, 0) is 0 Å². The third-order valence-electron chi connectivity index (χ3n) is 5.07. The van der Waals surface area contributed by atoms with Crippen molar-refractivity contribution in [2.75, 3.05) is 26.2 Å². The molecule has 2 rings (SSSR count). The van der Waals surface area contributed by atoms with Gasteiger partial charge in [-0.2, -0.15) is 0 Å². The molecule has 0 aromatic heterocycles. The van der Waals surface area contributed by atoms with E-state index in [0.29, 0.717) is 0 Å². The van der Waals surface area contributed by atoms with Crippen LogP contribution in [0.1, 0.15) is 58.8 Å². The monoisotopic (exact) mass is 252 g/mol. The molecule has 2 heteroatoms. The SMILES string of the molecule is CCCN1CCCC(NCC2CCCC2C)CC1. The first-order chi connectivity index (χ1) is 8.79. The van der Waals surface area contributed by atoms with Gasteiger partial charge in [0.1, 0.15) is 0 Å². The highest BCUT2D eigenvalue weighted by Crippen LogP contribution is 2.30. The van der Waals surface area contributed by atoms with E-state index >= 15 is 0 Å². The minimum Gasteiger partial charge on any atom is -0.314 e. The fourth-order valence-electron chi connectivity index (χ4n) is 3.74. The van der Waals surface area contributed by atoms with Crippen molar-refractivity contribution in [3.05, 3.63) is 0 Å². The van der Waals surface area contributed by atoms with E-state index in [1.165, 1.54) is 71.1 Å². The molecule has 0 radical (unpaired) electrons. The van der Waals surface area contributed by atoms with Crippen LogP contribution in [0.5, 0.6) is 0 Å². The molecule has 1 saturated carbocycles. The smallest absolute Gasteiger partial charge is 0.00798 e. The van der Waals surface area contributed by atoms with Gasteiger partial charge in [-0.15, -0.1) is 0 Å². The van der Waals surface area contributed by atoms with E-state index in [2.05, 4.69) is 24.1 Å². The summed E-state index contributed by atoms with van der Waals surface area (Å²) in [5.41, 5.74) is 0. The van der Waals surface area contributed by atoms with Crippen LogP contribution in [0, 0.1) is 11.8 Å². The van der Waals surface area contributed by atoms with Crippen LogP contribution < -0.4 is 5.32 Å². The molecule has 1 N–H and O–H groups in total. The predicted octanol–water partition coefficient (Wildman–Crippen LogP) is 3.28. The van der Waals surface area contributed by atoms with E-state index in [0.717, 1.165) is 17.9 Å². The van der Waals surface area contributed by atoms with Crippen LogP contribution in [0.25, 0.3) is 0 Å². The molecule has 2 aliphatic rings. The summed E-state index contributed by atoms with van der Waals surface area (Å²) in [4.78, 5) is 2.65. The van der Waals surface area contributed by atoms with E-state index in [9.17, 15) is 0 Å². The zero-order valence-electron chi connectivity index (χ0n) is 12.5. The molecule has 2 nitrogen and oxygen atoms in total. The molecule has 106 valence electrons. The molecular formula is C16H32N2. The molecule has 3 unspecified atom stereocenters. The van der Waals surface area contributed by atoms with Crippen LogP contribution in [0.4, 0.5) is 0 Å². The maximum Gasteiger partial charge on any atom is 0.00798 e. The number of hydrogen-bond acceptors (Lipinski definition) is 2. The number of likely N-dealkylation sites (tertiary alicyclic amines) is 1. The van der Waals surface area contributed by atoms with Crippen LogP contribution in [0.2, 0.25) is 0 Å². The van der Waals surface area contributed by atoms with Gasteiger partial charge >= 0.3 is 0 Å². The van der Waals surface area contributed by atoms with Gasteiger partial charge in [-0.25, -0.2) is 0 Å². The molecule has 0 bridgehead atoms. The largest absolute Gasteiger partial charge is 0.314 e. The van der Waals surface area contributed by atoms with Crippen LogP contribution >= 0.6 is 0 Å². The molecule has 1 aliphatic carbocycles. The second-order valence-corrected chi connectivity index (χ2v) is 6.55. The van der Waals surface area contributed by atoms with Gasteiger partial charge in [-0.1, -0.05) is 26.7 Å². The molecule has 0 amide bonds. The maximum absolute atomic E-state index is 3.87. The van der Waals surface area contributed by atoms with E-state index in [4.69, 9.17) is 0 Å². The lowest BCUT2D eigenvalue weighted by Gasteiger charge is -2.22. The Morgan fingerprint density at radius 3 is 2.67 bits per heavy atom. The van der Waals surface area contributed by atoms with Crippen LogP contribution in [0.3, 0.4) is 0 Å². The number of hydrogen-bond donors (Lipinski definition) is 1. The summed E-state index contributed by atoms with van der Waals surface area (Å²) in [6, 6.07) is 0.791. The second kappa shape index (κ2) is 7.49. The van der Waals surface area contributed by atoms with Gasteiger partial charge in [-0.3, -0.25) is 0 Å². The summed E-state index contributed by atoms with van der Waals surface area (Å²) in [6.45, 7) is 9.95. The van der Waals surface area contributed by atoms with Gasteiger partial charge in [-0.05, 0) is 70.1 Å². The van der Waals surface area contributed by atoms with Crippen LogP contribution in [0.15, 0.2) is 0 Å². The Hall–Kier alpha value is -0.0800. The van der Waals surface area contributed by atoms with Gasteiger partial charge in [0.15, 0.2) is 0 Å². The second-order valence-electron chi connectivity index (χ2n) is 6.55. The highest BCUT2D eigenvalue weighted by Gasteiger charge is 2.24. The molecule has 1 heterocycles. The molecule has 2 fully saturated rings. The Morgan fingerprint density at radius 1 is 1.06 bits per heavy atom.